The molecule has 0 aliphatic carbocycles. The van der Waals surface area contributed by atoms with Gasteiger partial charge in [-0.25, -0.2) is 0 Å². The molecule has 1 amide bonds. The van der Waals surface area contributed by atoms with Crippen LogP contribution in [0.5, 0.6) is 0 Å². The molecule has 2 N–H and O–H groups in total. The Balaban J connectivity index is 1.92. The summed E-state index contributed by atoms with van der Waals surface area (Å²) in [7, 11) is 0. The van der Waals surface area contributed by atoms with Crippen LogP contribution in [-0.4, -0.2) is 17.6 Å². The highest BCUT2D eigenvalue weighted by Gasteiger charge is 2.08. The number of carbonyl (C=O) groups excluding carboxylic acids is 1. The van der Waals surface area contributed by atoms with E-state index in [9.17, 15) is 4.79 Å². The first-order chi connectivity index (χ1) is 9.69. The second-order valence-corrected chi connectivity index (χ2v) is 4.25. The fourth-order valence-electron chi connectivity index (χ4n) is 1.67. The third-order valence-corrected chi connectivity index (χ3v) is 2.68. The van der Waals surface area contributed by atoms with Crippen LogP contribution in [0.2, 0.25) is 0 Å². The average molecular weight is 269 g/mol. The minimum atomic E-state index is -0.234. The molecule has 0 atom stereocenters. The van der Waals surface area contributed by atoms with Gasteiger partial charge in [-0.2, -0.15) is 0 Å². The zero-order chi connectivity index (χ0) is 14.4. The van der Waals surface area contributed by atoms with Crippen molar-refractivity contribution in [2.45, 2.75) is 13.5 Å². The molecule has 102 valence electrons. The van der Waals surface area contributed by atoms with Crippen LogP contribution in [0.25, 0.3) is 0 Å². The van der Waals surface area contributed by atoms with Gasteiger partial charge in [0.1, 0.15) is 12.4 Å². The Hall–Kier alpha value is -2.51. The minimum Gasteiger partial charge on any atom is -0.456 e. The monoisotopic (exact) mass is 269 g/mol. The molecule has 4 nitrogen and oxygen atoms in total. The number of nitrogens with one attached hydrogen (secondary N) is 1. The van der Waals surface area contributed by atoms with E-state index >= 15 is 0 Å². The maximum atomic E-state index is 11.8. The van der Waals surface area contributed by atoms with E-state index in [4.69, 9.17) is 9.52 Å². The Kier molecular flexibility index (Phi) is 4.59. The fourth-order valence-corrected chi connectivity index (χ4v) is 1.67. The first kappa shape index (κ1) is 13.9. The van der Waals surface area contributed by atoms with Gasteiger partial charge < -0.3 is 14.8 Å². The highest BCUT2D eigenvalue weighted by atomic mass is 16.3. The Bertz CT molecular complexity index is 644. The molecule has 1 heterocycles. The van der Waals surface area contributed by atoms with Crippen molar-refractivity contribution in [2.75, 3.05) is 6.61 Å². The number of aryl methyl sites for hydroxylation is 1. The summed E-state index contributed by atoms with van der Waals surface area (Å²) in [6.45, 7) is 2.07. The van der Waals surface area contributed by atoms with Gasteiger partial charge in [-0.3, -0.25) is 4.79 Å². The number of furan rings is 1. The van der Waals surface area contributed by atoms with E-state index in [1.165, 1.54) is 0 Å². The van der Waals surface area contributed by atoms with Crippen LogP contribution in [0.3, 0.4) is 0 Å². The Labute approximate surface area is 117 Å². The molecule has 20 heavy (non-hydrogen) atoms. The molecule has 0 saturated heterocycles. The molecule has 0 radical (unpaired) electrons. The molecule has 0 spiro atoms. The standard InChI is InChI=1S/C16H15NO3/c1-12-4-9-15(20-12)16(19)17-11-14-7-5-13(6-8-14)3-2-10-18/h4-9,18H,10-11H2,1H3,(H,17,19). The molecule has 0 saturated carbocycles. The molecule has 0 aliphatic heterocycles. The van der Waals surface area contributed by atoms with Gasteiger partial charge in [0, 0.05) is 12.1 Å². The van der Waals surface area contributed by atoms with Crippen molar-refractivity contribution in [3.05, 3.63) is 59.0 Å². The second kappa shape index (κ2) is 6.60. The first-order valence-corrected chi connectivity index (χ1v) is 6.22. The zero-order valence-electron chi connectivity index (χ0n) is 11.1. The molecule has 1 aromatic heterocycles. The predicted molar refractivity (Wildman–Crippen MR) is 75.0 cm³/mol. The van der Waals surface area contributed by atoms with E-state index in [2.05, 4.69) is 17.2 Å². The van der Waals surface area contributed by atoms with E-state index in [0.717, 1.165) is 11.1 Å². The number of amides is 1. The van der Waals surface area contributed by atoms with Gasteiger partial charge >= 0.3 is 0 Å². The third kappa shape index (κ3) is 3.74. The van der Waals surface area contributed by atoms with Crippen LogP contribution in [0.15, 0.2) is 40.8 Å². The van der Waals surface area contributed by atoms with E-state index in [1.807, 2.05) is 24.3 Å². The van der Waals surface area contributed by atoms with Gasteiger partial charge in [-0.15, -0.1) is 0 Å². The molecule has 0 fully saturated rings. The quantitative estimate of drug-likeness (QED) is 0.836. The van der Waals surface area contributed by atoms with E-state index in [0.29, 0.717) is 18.1 Å². The van der Waals surface area contributed by atoms with Crippen LogP contribution in [0.4, 0.5) is 0 Å². The summed E-state index contributed by atoms with van der Waals surface area (Å²) in [6, 6.07) is 10.9. The summed E-state index contributed by atoms with van der Waals surface area (Å²) in [5, 5.41) is 11.4. The van der Waals surface area contributed by atoms with Crippen molar-refractivity contribution in [1.29, 1.82) is 0 Å². The lowest BCUT2D eigenvalue weighted by Gasteiger charge is -2.03. The van der Waals surface area contributed by atoms with Gasteiger partial charge in [0.05, 0.1) is 0 Å². The molecule has 2 aromatic rings. The topological polar surface area (TPSA) is 62.5 Å². The molecule has 2 rings (SSSR count). The summed E-state index contributed by atoms with van der Waals surface area (Å²) in [5.41, 5.74) is 1.80. The zero-order valence-corrected chi connectivity index (χ0v) is 11.1. The van der Waals surface area contributed by atoms with Gasteiger partial charge in [0.25, 0.3) is 5.91 Å². The highest BCUT2D eigenvalue weighted by molar-refractivity contribution is 5.91. The Morgan fingerprint density at radius 1 is 1.25 bits per heavy atom. The van der Waals surface area contributed by atoms with Gasteiger partial charge in [-0.1, -0.05) is 24.0 Å². The predicted octanol–water partition coefficient (Wildman–Crippen LogP) is 1.86. The lowest BCUT2D eigenvalue weighted by atomic mass is 10.1. The third-order valence-electron chi connectivity index (χ3n) is 2.68. The average Bonchev–Trinajstić information content (AvgIpc) is 2.90. The van der Waals surface area contributed by atoms with Crippen LogP contribution in [0, 0.1) is 18.8 Å². The van der Waals surface area contributed by atoms with Crippen LogP contribution in [-0.2, 0) is 6.54 Å². The summed E-state index contributed by atoms with van der Waals surface area (Å²) in [5.74, 6) is 6.18. The SMILES string of the molecule is Cc1ccc(C(=O)NCc2ccc(C#CCO)cc2)o1. The van der Waals surface area contributed by atoms with E-state index < -0.39 is 0 Å². The van der Waals surface area contributed by atoms with E-state index in [1.54, 1.807) is 19.1 Å². The number of carbonyl (C=O) groups is 1. The number of hydrogen-bond acceptors (Lipinski definition) is 3. The summed E-state index contributed by atoms with van der Waals surface area (Å²) in [4.78, 5) is 11.8. The summed E-state index contributed by atoms with van der Waals surface area (Å²) in [6.07, 6.45) is 0. The Morgan fingerprint density at radius 3 is 2.60 bits per heavy atom. The van der Waals surface area contributed by atoms with Crippen molar-refractivity contribution in [2.24, 2.45) is 0 Å². The fraction of sp³-hybridized carbons (Fsp3) is 0.188. The Morgan fingerprint density at radius 2 is 2.00 bits per heavy atom. The van der Waals surface area contributed by atoms with Crippen molar-refractivity contribution in [3.8, 4) is 11.8 Å². The summed E-state index contributed by atoms with van der Waals surface area (Å²) >= 11 is 0. The molecule has 1 aromatic carbocycles. The summed E-state index contributed by atoms with van der Waals surface area (Å²) < 4.78 is 5.24. The largest absolute Gasteiger partial charge is 0.456 e. The minimum absolute atomic E-state index is 0.152. The molecular weight excluding hydrogens is 254 g/mol. The van der Waals surface area contributed by atoms with Crippen molar-refractivity contribution >= 4 is 5.91 Å². The molecule has 0 aliphatic rings. The number of aliphatic hydroxyl groups excluding tert-OH is 1. The lowest BCUT2D eigenvalue weighted by molar-refractivity contribution is 0.0922. The van der Waals surface area contributed by atoms with Crippen molar-refractivity contribution < 1.29 is 14.3 Å². The number of aliphatic hydroxyl groups is 1. The van der Waals surface area contributed by atoms with Crippen LogP contribution < -0.4 is 5.32 Å². The molecular formula is C16H15NO3. The number of hydrogen-bond donors (Lipinski definition) is 2. The second-order valence-electron chi connectivity index (χ2n) is 4.25. The van der Waals surface area contributed by atoms with Crippen LogP contribution >= 0.6 is 0 Å². The number of rotatable bonds is 3. The molecule has 0 unspecified atom stereocenters. The van der Waals surface area contributed by atoms with Gasteiger partial charge in [-0.05, 0) is 36.8 Å². The highest BCUT2D eigenvalue weighted by Crippen LogP contribution is 2.07. The van der Waals surface area contributed by atoms with E-state index in [-0.39, 0.29) is 12.5 Å². The maximum absolute atomic E-state index is 11.8. The lowest BCUT2D eigenvalue weighted by Crippen LogP contribution is -2.22. The molecule has 0 bridgehead atoms. The van der Waals surface area contributed by atoms with Crippen LogP contribution in [0.1, 0.15) is 27.4 Å². The first-order valence-electron chi connectivity index (χ1n) is 6.22. The van der Waals surface area contributed by atoms with Gasteiger partial charge in [0.2, 0.25) is 0 Å². The smallest absolute Gasteiger partial charge is 0.287 e. The van der Waals surface area contributed by atoms with Gasteiger partial charge in [0.15, 0.2) is 5.76 Å². The van der Waals surface area contributed by atoms with Crippen molar-refractivity contribution in [1.82, 2.24) is 5.32 Å². The molecule has 4 heteroatoms. The number of benzene rings is 1. The maximum Gasteiger partial charge on any atom is 0.287 e. The normalized spacial score (nSPS) is 9.70. The van der Waals surface area contributed by atoms with Crippen molar-refractivity contribution in [3.63, 3.8) is 0 Å².